The van der Waals surface area contributed by atoms with Crippen molar-refractivity contribution in [3.63, 3.8) is 0 Å². The normalized spacial score (nSPS) is 10.9. The molecule has 3 aromatic rings. The summed E-state index contributed by atoms with van der Waals surface area (Å²) in [5.41, 5.74) is 1.62. The molecule has 0 N–H and O–H groups in total. The average Bonchev–Trinajstić information content (AvgIpc) is 2.84. The lowest BCUT2D eigenvalue weighted by atomic mass is 10.1. The Morgan fingerprint density at radius 1 is 1.26 bits per heavy atom. The van der Waals surface area contributed by atoms with Gasteiger partial charge in [-0.05, 0) is 24.3 Å². The number of aromatic nitrogens is 1. The molecule has 0 aliphatic rings. The van der Waals surface area contributed by atoms with Crippen molar-refractivity contribution in [2.24, 2.45) is 0 Å². The van der Waals surface area contributed by atoms with Gasteiger partial charge in [-0.2, -0.15) is 0 Å². The summed E-state index contributed by atoms with van der Waals surface area (Å²) in [5, 5.41) is 5.04. The van der Waals surface area contributed by atoms with Gasteiger partial charge in [0.05, 0.1) is 12.5 Å². The maximum Gasteiger partial charge on any atom is 0.189 e. The van der Waals surface area contributed by atoms with Crippen LogP contribution in [0.5, 0.6) is 5.75 Å². The van der Waals surface area contributed by atoms with E-state index in [0.717, 1.165) is 5.39 Å². The second kappa shape index (κ2) is 4.55. The highest BCUT2D eigenvalue weighted by molar-refractivity contribution is 6.36. The third-order valence-electron chi connectivity index (χ3n) is 2.86. The van der Waals surface area contributed by atoms with Crippen molar-refractivity contribution in [3.8, 4) is 17.0 Å². The summed E-state index contributed by atoms with van der Waals surface area (Å²) >= 11 is 6.14. The van der Waals surface area contributed by atoms with Gasteiger partial charge in [-0.1, -0.05) is 28.9 Å². The van der Waals surface area contributed by atoms with E-state index in [4.69, 9.17) is 20.9 Å². The number of hydrogen-bond donors (Lipinski definition) is 0. The second-order valence-electron chi connectivity index (χ2n) is 4.00. The molecule has 0 radical (unpaired) electrons. The SMILES string of the molecule is COc1ccc2c(-c3cccc(F)c3)noc2c1Cl. The van der Waals surface area contributed by atoms with Gasteiger partial charge in [0.1, 0.15) is 22.3 Å². The van der Waals surface area contributed by atoms with Crippen molar-refractivity contribution in [1.82, 2.24) is 5.16 Å². The quantitative estimate of drug-likeness (QED) is 0.701. The Bertz CT molecular complexity index is 754. The van der Waals surface area contributed by atoms with Gasteiger partial charge in [-0.25, -0.2) is 4.39 Å². The Kier molecular flexibility index (Phi) is 2.87. The van der Waals surface area contributed by atoms with Gasteiger partial charge >= 0.3 is 0 Å². The summed E-state index contributed by atoms with van der Waals surface area (Å²) in [6, 6.07) is 9.67. The van der Waals surface area contributed by atoms with Crippen LogP contribution in [0.3, 0.4) is 0 Å². The molecule has 0 bridgehead atoms. The van der Waals surface area contributed by atoms with Gasteiger partial charge in [0.2, 0.25) is 0 Å². The zero-order valence-electron chi connectivity index (χ0n) is 9.98. The Labute approximate surface area is 113 Å². The Hall–Kier alpha value is -2.07. The van der Waals surface area contributed by atoms with Crippen LogP contribution in [0.2, 0.25) is 5.02 Å². The first-order valence-corrected chi connectivity index (χ1v) is 5.96. The van der Waals surface area contributed by atoms with Gasteiger partial charge in [0.25, 0.3) is 0 Å². The number of nitrogens with zero attached hydrogens (tertiary/aromatic N) is 1. The van der Waals surface area contributed by atoms with E-state index >= 15 is 0 Å². The summed E-state index contributed by atoms with van der Waals surface area (Å²) in [5.74, 6) is 0.185. The predicted octanol–water partition coefficient (Wildman–Crippen LogP) is 4.30. The molecule has 1 heterocycles. The van der Waals surface area contributed by atoms with Crippen LogP contribution in [0, 0.1) is 5.82 Å². The van der Waals surface area contributed by atoms with E-state index < -0.39 is 0 Å². The molecule has 0 fully saturated rings. The minimum Gasteiger partial charge on any atom is -0.495 e. The van der Waals surface area contributed by atoms with Crippen LogP contribution in [0.1, 0.15) is 0 Å². The maximum atomic E-state index is 13.3. The third kappa shape index (κ3) is 1.94. The first-order valence-electron chi connectivity index (χ1n) is 5.58. The molecule has 0 aliphatic carbocycles. The number of benzene rings is 2. The fraction of sp³-hybridized carbons (Fsp3) is 0.0714. The molecule has 0 aliphatic heterocycles. The molecule has 5 heteroatoms. The molecule has 3 nitrogen and oxygen atoms in total. The molecule has 0 unspecified atom stereocenters. The number of ether oxygens (including phenoxy) is 1. The molecule has 19 heavy (non-hydrogen) atoms. The van der Waals surface area contributed by atoms with Gasteiger partial charge in [0, 0.05) is 5.56 Å². The predicted molar refractivity (Wildman–Crippen MR) is 71.0 cm³/mol. The van der Waals surface area contributed by atoms with Gasteiger partial charge in [0.15, 0.2) is 5.58 Å². The summed E-state index contributed by atoms with van der Waals surface area (Å²) in [6.07, 6.45) is 0. The second-order valence-corrected chi connectivity index (χ2v) is 4.38. The highest BCUT2D eigenvalue weighted by Gasteiger charge is 2.16. The number of hydrogen-bond acceptors (Lipinski definition) is 3. The summed E-state index contributed by atoms with van der Waals surface area (Å²) in [4.78, 5) is 0. The topological polar surface area (TPSA) is 35.3 Å². The number of fused-ring (bicyclic) bond motifs is 1. The average molecular weight is 278 g/mol. The van der Waals surface area contributed by atoms with E-state index in [-0.39, 0.29) is 5.82 Å². The lowest BCUT2D eigenvalue weighted by molar-refractivity contribution is 0.412. The highest BCUT2D eigenvalue weighted by Crippen LogP contribution is 2.37. The molecule has 0 saturated carbocycles. The minimum atomic E-state index is -0.326. The summed E-state index contributed by atoms with van der Waals surface area (Å²) in [7, 11) is 1.52. The van der Waals surface area contributed by atoms with E-state index in [1.807, 2.05) is 0 Å². The molecule has 1 aromatic heterocycles. The molecular formula is C14H9ClFNO2. The van der Waals surface area contributed by atoms with E-state index in [2.05, 4.69) is 5.16 Å². The number of rotatable bonds is 2. The van der Waals surface area contributed by atoms with Crippen LogP contribution in [0.25, 0.3) is 22.2 Å². The van der Waals surface area contributed by atoms with Crippen molar-refractivity contribution in [2.75, 3.05) is 7.11 Å². The fourth-order valence-corrected chi connectivity index (χ4v) is 2.23. The minimum absolute atomic E-state index is 0.326. The van der Waals surface area contributed by atoms with Crippen molar-refractivity contribution in [3.05, 3.63) is 47.2 Å². The van der Waals surface area contributed by atoms with Crippen molar-refractivity contribution in [1.29, 1.82) is 0 Å². The first-order chi connectivity index (χ1) is 9.20. The Morgan fingerprint density at radius 3 is 2.84 bits per heavy atom. The van der Waals surface area contributed by atoms with Crippen molar-refractivity contribution < 1.29 is 13.7 Å². The first kappa shape index (κ1) is 12.0. The van der Waals surface area contributed by atoms with E-state index in [0.29, 0.717) is 27.6 Å². The maximum absolute atomic E-state index is 13.3. The molecule has 0 atom stereocenters. The van der Waals surface area contributed by atoms with Crippen LogP contribution in [-0.4, -0.2) is 12.3 Å². The highest BCUT2D eigenvalue weighted by atomic mass is 35.5. The van der Waals surface area contributed by atoms with Crippen LogP contribution in [-0.2, 0) is 0 Å². The number of halogens is 2. The smallest absolute Gasteiger partial charge is 0.189 e. The zero-order chi connectivity index (χ0) is 13.4. The molecule has 3 rings (SSSR count). The van der Waals surface area contributed by atoms with Crippen molar-refractivity contribution >= 4 is 22.6 Å². The largest absolute Gasteiger partial charge is 0.495 e. The molecule has 0 saturated heterocycles. The Balaban J connectivity index is 2.24. The van der Waals surface area contributed by atoms with Crippen LogP contribution < -0.4 is 4.74 Å². The molecule has 0 spiro atoms. The Morgan fingerprint density at radius 2 is 2.11 bits per heavy atom. The fourth-order valence-electron chi connectivity index (χ4n) is 1.96. The zero-order valence-corrected chi connectivity index (χ0v) is 10.7. The van der Waals surface area contributed by atoms with Crippen LogP contribution in [0.4, 0.5) is 4.39 Å². The molecular weight excluding hydrogens is 269 g/mol. The van der Waals surface area contributed by atoms with E-state index in [9.17, 15) is 4.39 Å². The van der Waals surface area contributed by atoms with Crippen LogP contribution in [0.15, 0.2) is 40.9 Å². The third-order valence-corrected chi connectivity index (χ3v) is 3.22. The molecule has 0 amide bonds. The molecule has 96 valence electrons. The van der Waals surface area contributed by atoms with Crippen LogP contribution >= 0.6 is 11.6 Å². The van der Waals surface area contributed by atoms with Gasteiger partial charge < -0.3 is 9.26 Å². The summed E-state index contributed by atoms with van der Waals surface area (Å²) in [6.45, 7) is 0. The molecule has 2 aromatic carbocycles. The van der Waals surface area contributed by atoms with Crippen molar-refractivity contribution in [2.45, 2.75) is 0 Å². The standard InChI is InChI=1S/C14H9ClFNO2/c1-18-11-6-5-10-13(17-19-14(10)12(11)15)8-3-2-4-9(16)7-8/h2-7H,1H3. The van der Waals surface area contributed by atoms with E-state index in [1.165, 1.54) is 19.2 Å². The van der Waals surface area contributed by atoms with E-state index in [1.54, 1.807) is 24.3 Å². The monoisotopic (exact) mass is 277 g/mol. The lowest BCUT2D eigenvalue weighted by Gasteiger charge is -2.02. The summed E-state index contributed by atoms with van der Waals surface area (Å²) < 4.78 is 23.6. The lowest BCUT2D eigenvalue weighted by Crippen LogP contribution is -1.84. The van der Waals surface area contributed by atoms with Gasteiger partial charge in [-0.15, -0.1) is 0 Å². The van der Waals surface area contributed by atoms with Gasteiger partial charge in [-0.3, -0.25) is 0 Å². The number of methoxy groups -OCH3 is 1.